The van der Waals surface area contributed by atoms with Crippen LogP contribution in [-0.4, -0.2) is 30.2 Å². The summed E-state index contributed by atoms with van der Waals surface area (Å²) >= 11 is 0. The van der Waals surface area contributed by atoms with Crippen LogP contribution in [0.2, 0.25) is 0 Å². The van der Waals surface area contributed by atoms with Crippen molar-refractivity contribution in [3.05, 3.63) is 54.1 Å². The van der Waals surface area contributed by atoms with Crippen molar-refractivity contribution in [3.63, 3.8) is 0 Å². The van der Waals surface area contributed by atoms with Crippen LogP contribution in [0.15, 0.2) is 48.5 Å². The van der Waals surface area contributed by atoms with Crippen LogP contribution in [0.4, 0.5) is 10.5 Å². The minimum atomic E-state index is -0.951. The average molecular weight is 296 g/mol. The molecule has 1 aliphatic heterocycles. The Morgan fingerprint density at radius 1 is 1.09 bits per heavy atom. The summed E-state index contributed by atoms with van der Waals surface area (Å²) in [5.74, 6) is -0.951. The fraction of sp³-hybridized carbons (Fsp3) is 0.176. The molecule has 0 aliphatic carbocycles. The average Bonchev–Trinajstić information content (AvgIpc) is 2.55. The van der Waals surface area contributed by atoms with Crippen LogP contribution in [0.3, 0.4) is 0 Å². The predicted molar refractivity (Wildman–Crippen MR) is 84.2 cm³/mol. The highest BCUT2D eigenvalue weighted by Crippen LogP contribution is 2.26. The lowest BCUT2D eigenvalue weighted by atomic mass is 10.0. The molecule has 22 heavy (non-hydrogen) atoms. The molecule has 0 atom stereocenters. The Bertz CT molecular complexity index is 727. The first-order chi connectivity index (χ1) is 10.6. The lowest BCUT2D eigenvalue weighted by molar-refractivity contribution is 0.0697. The number of carbonyl (C=O) groups excluding carboxylic acids is 1. The molecule has 1 saturated heterocycles. The second-order valence-corrected chi connectivity index (χ2v) is 5.17. The SMILES string of the molecule is O=C(O)c1cccc(-c2cccc(N3CCCNC3=O)c2)c1. The highest BCUT2D eigenvalue weighted by atomic mass is 16.4. The van der Waals surface area contributed by atoms with Gasteiger partial charge in [0.15, 0.2) is 0 Å². The van der Waals surface area contributed by atoms with E-state index in [4.69, 9.17) is 5.11 Å². The second kappa shape index (κ2) is 5.89. The van der Waals surface area contributed by atoms with Crippen LogP contribution >= 0.6 is 0 Å². The largest absolute Gasteiger partial charge is 0.478 e. The molecule has 112 valence electrons. The zero-order chi connectivity index (χ0) is 15.5. The molecule has 1 heterocycles. The van der Waals surface area contributed by atoms with Crippen LogP contribution in [-0.2, 0) is 0 Å². The van der Waals surface area contributed by atoms with Gasteiger partial charge in [-0.25, -0.2) is 9.59 Å². The van der Waals surface area contributed by atoms with E-state index in [1.165, 1.54) is 0 Å². The number of hydrogen-bond donors (Lipinski definition) is 2. The van der Waals surface area contributed by atoms with E-state index < -0.39 is 5.97 Å². The molecule has 3 rings (SSSR count). The minimum absolute atomic E-state index is 0.0947. The summed E-state index contributed by atoms with van der Waals surface area (Å²) in [6.07, 6.45) is 0.907. The highest BCUT2D eigenvalue weighted by Gasteiger charge is 2.19. The maximum atomic E-state index is 11.9. The molecule has 0 radical (unpaired) electrons. The Hall–Kier alpha value is -2.82. The van der Waals surface area contributed by atoms with Crippen molar-refractivity contribution in [3.8, 4) is 11.1 Å². The highest BCUT2D eigenvalue weighted by molar-refractivity contribution is 5.94. The first-order valence-electron chi connectivity index (χ1n) is 7.14. The normalized spacial score (nSPS) is 14.5. The van der Waals surface area contributed by atoms with Gasteiger partial charge in [-0.2, -0.15) is 0 Å². The third kappa shape index (κ3) is 2.79. The van der Waals surface area contributed by atoms with E-state index in [2.05, 4.69) is 5.32 Å². The van der Waals surface area contributed by atoms with Gasteiger partial charge in [0.1, 0.15) is 0 Å². The monoisotopic (exact) mass is 296 g/mol. The van der Waals surface area contributed by atoms with E-state index in [0.29, 0.717) is 13.1 Å². The standard InChI is InChI=1S/C17H16N2O3/c20-16(21)14-6-1-4-12(10-14)13-5-2-7-15(11-13)19-9-3-8-18-17(19)22/h1-2,4-7,10-11H,3,8-9H2,(H,18,22)(H,20,21). The van der Waals surface area contributed by atoms with E-state index in [0.717, 1.165) is 23.2 Å². The van der Waals surface area contributed by atoms with Crippen molar-refractivity contribution in [2.45, 2.75) is 6.42 Å². The summed E-state index contributed by atoms with van der Waals surface area (Å²) in [5.41, 5.74) is 2.77. The Labute approximate surface area is 128 Å². The van der Waals surface area contributed by atoms with E-state index in [9.17, 15) is 9.59 Å². The molecule has 2 amide bonds. The summed E-state index contributed by atoms with van der Waals surface area (Å²) in [7, 11) is 0. The number of carboxylic acids is 1. The number of benzene rings is 2. The van der Waals surface area contributed by atoms with Crippen molar-refractivity contribution in [2.24, 2.45) is 0 Å². The van der Waals surface area contributed by atoms with Crippen LogP contribution in [0.1, 0.15) is 16.8 Å². The van der Waals surface area contributed by atoms with Gasteiger partial charge < -0.3 is 10.4 Å². The molecule has 1 aliphatic rings. The Kier molecular flexibility index (Phi) is 3.78. The van der Waals surface area contributed by atoms with Gasteiger partial charge >= 0.3 is 12.0 Å². The number of rotatable bonds is 3. The fourth-order valence-electron chi connectivity index (χ4n) is 2.56. The van der Waals surface area contributed by atoms with Crippen LogP contribution < -0.4 is 10.2 Å². The maximum absolute atomic E-state index is 11.9. The second-order valence-electron chi connectivity index (χ2n) is 5.17. The number of hydrogen-bond acceptors (Lipinski definition) is 2. The van der Waals surface area contributed by atoms with E-state index in [-0.39, 0.29) is 11.6 Å². The molecule has 0 unspecified atom stereocenters. The van der Waals surface area contributed by atoms with Crippen LogP contribution in [0.5, 0.6) is 0 Å². The lowest BCUT2D eigenvalue weighted by Crippen LogP contribution is -2.46. The molecule has 0 aromatic heterocycles. The first-order valence-corrected chi connectivity index (χ1v) is 7.14. The molecule has 0 spiro atoms. The van der Waals surface area contributed by atoms with Gasteiger partial charge in [0.05, 0.1) is 5.56 Å². The van der Waals surface area contributed by atoms with Crippen molar-refractivity contribution in [1.29, 1.82) is 0 Å². The number of carboxylic acid groups (broad SMARTS) is 1. The molecule has 5 heteroatoms. The molecular weight excluding hydrogens is 280 g/mol. The predicted octanol–water partition coefficient (Wildman–Crippen LogP) is 2.97. The summed E-state index contributed by atoms with van der Waals surface area (Å²) in [5, 5.41) is 11.9. The van der Waals surface area contributed by atoms with Gasteiger partial charge in [-0.1, -0.05) is 24.3 Å². The number of nitrogens with one attached hydrogen (secondary N) is 1. The van der Waals surface area contributed by atoms with Crippen molar-refractivity contribution < 1.29 is 14.7 Å². The molecule has 2 aromatic carbocycles. The Balaban J connectivity index is 1.95. The summed E-state index contributed by atoms with van der Waals surface area (Å²) in [6, 6.07) is 14.3. The summed E-state index contributed by atoms with van der Waals surface area (Å²) in [4.78, 5) is 24.7. The molecule has 2 aromatic rings. The zero-order valence-electron chi connectivity index (χ0n) is 12.0. The van der Waals surface area contributed by atoms with E-state index >= 15 is 0 Å². The topological polar surface area (TPSA) is 69.6 Å². The summed E-state index contributed by atoms with van der Waals surface area (Å²) in [6.45, 7) is 1.39. The van der Waals surface area contributed by atoms with Gasteiger partial charge in [-0.05, 0) is 41.8 Å². The first kappa shape index (κ1) is 14.1. The molecule has 1 fully saturated rings. The van der Waals surface area contributed by atoms with Crippen molar-refractivity contribution in [2.75, 3.05) is 18.0 Å². The number of carbonyl (C=O) groups is 2. The molecule has 2 N–H and O–H groups in total. The molecule has 0 saturated carbocycles. The van der Waals surface area contributed by atoms with Gasteiger partial charge in [-0.15, -0.1) is 0 Å². The number of amides is 2. The molecule has 0 bridgehead atoms. The Morgan fingerprint density at radius 2 is 1.82 bits per heavy atom. The number of urea groups is 1. The van der Waals surface area contributed by atoms with Crippen molar-refractivity contribution >= 4 is 17.7 Å². The van der Waals surface area contributed by atoms with Gasteiger partial charge in [-0.3, -0.25) is 4.90 Å². The quantitative estimate of drug-likeness (QED) is 0.915. The molecule has 5 nitrogen and oxygen atoms in total. The third-order valence-electron chi connectivity index (χ3n) is 3.68. The number of aromatic carboxylic acids is 1. The van der Waals surface area contributed by atoms with Gasteiger partial charge in [0.25, 0.3) is 0 Å². The fourth-order valence-corrected chi connectivity index (χ4v) is 2.56. The van der Waals surface area contributed by atoms with Crippen LogP contribution in [0.25, 0.3) is 11.1 Å². The smallest absolute Gasteiger partial charge is 0.335 e. The zero-order valence-corrected chi connectivity index (χ0v) is 12.0. The van der Waals surface area contributed by atoms with Gasteiger partial charge in [0.2, 0.25) is 0 Å². The van der Waals surface area contributed by atoms with E-state index in [1.807, 2.05) is 30.3 Å². The number of anilines is 1. The van der Waals surface area contributed by atoms with Crippen LogP contribution in [0, 0.1) is 0 Å². The third-order valence-corrected chi connectivity index (χ3v) is 3.68. The summed E-state index contributed by atoms with van der Waals surface area (Å²) < 4.78 is 0. The molecular formula is C17H16N2O3. The van der Waals surface area contributed by atoms with Crippen molar-refractivity contribution in [1.82, 2.24) is 5.32 Å². The lowest BCUT2D eigenvalue weighted by Gasteiger charge is -2.27. The number of nitrogens with zero attached hydrogens (tertiary/aromatic N) is 1. The van der Waals surface area contributed by atoms with Gasteiger partial charge in [0, 0.05) is 18.8 Å². The maximum Gasteiger partial charge on any atom is 0.335 e. The minimum Gasteiger partial charge on any atom is -0.478 e. The Morgan fingerprint density at radius 3 is 2.55 bits per heavy atom. The van der Waals surface area contributed by atoms with E-state index in [1.54, 1.807) is 23.1 Å².